The zero-order valence-corrected chi connectivity index (χ0v) is 16.8. The Morgan fingerprint density at radius 1 is 1.21 bits per heavy atom. The van der Waals surface area contributed by atoms with Crippen LogP contribution < -0.4 is 10.1 Å². The van der Waals surface area contributed by atoms with E-state index in [1.54, 1.807) is 11.3 Å². The van der Waals surface area contributed by atoms with Gasteiger partial charge in [-0.25, -0.2) is 4.98 Å². The first-order valence-electron chi connectivity index (χ1n) is 9.72. The Balaban J connectivity index is 1.21. The minimum Gasteiger partial charge on any atom is -0.490 e. The molecule has 2 heterocycles. The van der Waals surface area contributed by atoms with Crippen LogP contribution in [0, 0.1) is 0 Å². The fourth-order valence-electron chi connectivity index (χ4n) is 3.45. The number of nitrogens with zero attached hydrogens (tertiary/aromatic N) is 1. The Hall–Kier alpha value is -2.66. The highest BCUT2D eigenvalue weighted by molar-refractivity contribution is 7.09. The molecule has 0 saturated carbocycles. The summed E-state index contributed by atoms with van der Waals surface area (Å²) in [4.78, 5) is 16.8. The van der Waals surface area contributed by atoms with E-state index in [9.17, 15) is 4.79 Å². The third-order valence-corrected chi connectivity index (χ3v) is 5.79. The molecule has 0 bridgehead atoms. The number of carbonyl (C=O) groups is 1. The van der Waals surface area contributed by atoms with E-state index in [2.05, 4.69) is 46.9 Å². The number of benzene rings is 2. The average Bonchev–Trinajstić information content (AvgIpc) is 3.32. The van der Waals surface area contributed by atoms with Gasteiger partial charge in [0.15, 0.2) is 0 Å². The highest BCUT2D eigenvalue weighted by Crippen LogP contribution is 2.29. The lowest BCUT2D eigenvalue weighted by molar-refractivity contribution is -0.121. The monoisotopic (exact) mass is 392 g/mol. The number of fused-ring (bicyclic) bond motifs is 1. The van der Waals surface area contributed by atoms with Gasteiger partial charge in [0.25, 0.3) is 0 Å². The molecule has 28 heavy (non-hydrogen) atoms. The van der Waals surface area contributed by atoms with E-state index in [1.807, 2.05) is 24.3 Å². The van der Waals surface area contributed by atoms with Crippen molar-refractivity contribution in [3.8, 4) is 17.0 Å². The zero-order chi connectivity index (χ0) is 19.3. The number of thiazole rings is 1. The molecule has 0 spiro atoms. The van der Waals surface area contributed by atoms with E-state index in [-0.39, 0.29) is 12.0 Å². The van der Waals surface area contributed by atoms with Crippen molar-refractivity contribution < 1.29 is 9.53 Å². The maximum Gasteiger partial charge on any atom is 0.220 e. The van der Waals surface area contributed by atoms with Gasteiger partial charge in [-0.15, -0.1) is 11.3 Å². The maximum atomic E-state index is 12.2. The van der Waals surface area contributed by atoms with Crippen molar-refractivity contribution in [1.29, 1.82) is 0 Å². The Bertz CT molecular complexity index is 952. The van der Waals surface area contributed by atoms with Gasteiger partial charge in [-0.05, 0) is 30.5 Å². The molecule has 2 aromatic carbocycles. The molecule has 0 aliphatic carbocycles. The van der Waals surface area contributed by atoms with Crippen molar-refractivity contribution in [1.82, 2.24) is 10.3 Å². The van der Waals surface area contributed by atoms with Gasteiger partial charge in [-0.1, -0.05) is 42.5 Å². The fourth-order valence-corrected chi connectivity index (χ4v) is 4.26. The summed E-state index contributed by atoms with van der Waals surface area (Å²) in [6, 6.07) is 16.4. The van der Waals surface area contributed by atoms with E-state index in [0.717, 1.165) is 41.3 Å². The molecule has 1 atom stereocenters. The normalized spacial score (nSPS) is 15.1. The minimum absolute atomic E-state index is 0.0879. The lowest BCUT2D eigenvalue weighted by Crippen LogP contribution is -2.25. The third kappa shape index (κ3) is 4.60. The van der Waals surface area contributed by atoms with E-state index in [4.69, 9.17) is 4.74 Å². The SMILES string of the molecule is CC1Cc2cc(CCC(=O)NCCc3nc(-c4ccccc4)cs3)ccc2O1. The van der Waals surface area contributed by atoms with Crippen molar-refractivity contribution >= 4 is 17.2 Å². The Labute approximate surface area is 169 Å². The maximum absolute atomic E-state index is 12.2. The number of nitrogens with one attached hydrogen (secondary N) is 1. The molecular weight excluding hydrogens is 368 g/mol. The molecule has 144 valence electrons. The molecule has 0 fully saturated rings. The zero-order valence-electron chi connectivity index (χ0n) is 16.0. The summed E-state index contributed by atoms with van der Waals surface area (Å²) in [5.74, 6) is 1.07. The number of rotatable bonds is 7. The van der Waals surface area contributed by atoms with Crippen molar-refractivity contribution in [3.63, 3.8) is 0 Å². The lowest BCUT2D eigenvalue weighted by atomic mass is 10.0. The molecule has 1 aromatic heterocycles. The van der Waals surface area contributed by atoms with Crippen molar-refractivity contribution in [2.45, 2.75) is 38.7 Å². The van der Waals surface area contributed by atoms with Crippen LogP contribution in [-0.4, -0.2) is 23.5 Å². The number of carbonyl (C=O) groups excluding carboxylic acids is 1. The summed E-state index contributed by atoms with van der Waals surface area (Å²) in [6.07, 6.45) is 3.22. The summed E-state index contributed by atoms with van der Waals surface area (Å²) >= 11 is 1.64. The first-order valence-corrected chi connectivity index (χ1v) is 10.6. The minimum atomic E-state index is 0.0879. The summed E-state index contributed by atoms with van der Waals surface area (Å²) in [6.45, 7) is 2.70. The highest BCUT2D eigenvalue weighted by atomic mass is 32.1. The van der Waals surface area contributed by atoms with Crippen LogP contribution in [-0.2, 0) is 24.1 Å². The number of amides is 1. The van der Waals surface area contributed by atoms with Gasteiger partial charge < -0.3 is 10.1 Å². The van der Waals surface area contributed by atoms with Crippen LogP contribution in [0.1, 0.15) is 29.5 Å². The van der Waals surface area contributed by atoms with Gasteiger partial charge in [0.1, 0.15) is 11.9 Å². The predicted molar refractivity (Wildman–Crippen MR) is 113 cm³/mol. The molecule has 1 unspecified atom stereocenters. The van der Waals surface area contributed by atoms with Crippen LogP contribution in [0.25, 0.3) is 11.3 Å². The second-order valence-electron chi connectivity index (χ2n) is 7.17. The second-order valence-corrected chi connectivity index (χ2v) is 8.11. The molecule has 1 N–H and O–H groups in total. The highest BCUT2D eigenvalue weighted by Gasteiger charge is 2.18. The molecule has 1 aliphatic rings. The molecule has 4 rings (SSSR count). The molecule has 1 amide bonds. The van der Waals surface area contributed by atoms with E-state index < -0.39 is 0 Å². The fraction of sp³-hybridized carbons (Fsp3) is 0.304. The molecule has 3 aromatic rings. The van der Waals surface area contributed by atoms with Gasteiger partial charge in [0.05, 0.1) is 10.7 Å². The summed E-state index contributed by atoms with van der Waals surface area (Å²) in [5, 5.41) is 6.14. The third-order valence-electron chi connectivity index (χ3n) is 4.88. The van der Waals surface area contributed by atoms with Crippen LogP contribution in [0.5, 0.6) is 5.75 Å². The van der Waals surface area contributed by atoms with Crippen LogP contribution in [0.3, 0.4) is 0 Å². The lowest BCUT2D eigenvalue weighted by Gasteiger charge is -2.06. The first-order chi connectivity index (χ1) is 13.7. The van der Waals surface area contributed by atoms with Gasteiger partial charge in [-0.3, -0.25) is 4.79 Å². The largest absolute Gasteiger partial charge is 0.490 e. The molecule has 4 nitrogen and oxygen atoms in total. The van der Waals surface area contributed by atoms with Crippen LogP contribution in [0.2, 0.25) is 0 Å². The molecule has 1 aliphatic heterocycles. The van der Waals surface area contributed by atoms with Crippen LogP contribution in [0.4, 0.5) is 0 Å². The number of ether oxygens (including phenoxy) is 1. The van der Waals surface area contributed by atoms with Crippen molar-refractivity contribution in [2.75, 3.05) is 6.54 Å². The average molecular weight is 393 g/mol. The predicted octanol–water partition coefficient (Wildman–Crippen LogP) is 4.43. The Morgan fingerprint density at radius 3 is 2.93 bits per heavy atom. The number of aryl methyl sites for hydroxylation is 1. The first kappa shape index (κ1) is 18.7. The number of aromatic nitrogens is 1. The van der Waals surface area contributed by atoms with E-state index in [1.165, 1.54) is 11.1 Å². The standard InChI is InChI=1S/C23H24N2O2S/c1-16-13-19-14-17(7-9-21(19)27-16)8-10-22(26)24-12-11-23-25-20(15-28-23)18-5-3-2-4-6-18/h2-7,9,14-16H,8,10-13H2,1H3,(H,24,26). The van der Waals surface area contributed by atoms with E-state index in [0.29, 0.717) is 13.0 Å². The van der Waals surface area contributed by atoms with Gasteiger partial charge >= 0.3 is 0 Å². The summed E-state index contributed by atoms with van der Waals surface area (Å²) in [5.41, 5.74) is 4.58. The molecular formula is C23H24N2O2S. The smallest absolute Gasteiger partial charge is 0.220 e. The van der Waals surface area contributed by atoms with Crippen molar-refractivity contribution in [3.05, 3.63) is 70.0 Å². The molecule has 5 heteroatoms. The Kier molecular flexibility index (Phi) is 5.72. The van der Waals surface area contributed by atoms with Crippen LogP contribution in [0.15, 0.2) is 53.9 Å². The van der Waals surface area contributed by atoms with E-state index >= 15 is 0 Å². The second kappa shape index (κ2) is 8.57. The topological polar surface area (TPSA) is 51.2 Å². The van der Waals surface area contributed by atoms with Crippen molar-refractivity contribution in [2.24, 2.45) is 0 Å². The number of hydrogen-bond acceptors (Lipinski definition) is 4. The number of hydrogen-bond donors (Lipinski definition) is 1. The van der Waals surface area contributed by atoms with Gasteiger partial charge in [0.2, 0.25) is 5.91 Å². The summed E-state index contributed by atoms with van der Waals surface area (Å²) < 4.78 is 5.73. The summed E-state index contributed by atoms with van der Waals surface area (Å²) in [7, 11) is 0. The quantitative estimate of drug-likeness (QED) is 0.647. The van der Waals surface area contributed by atoms with Crippen LogP contribution >= 0.6 is 11.3 Å². The van der Waals surface area contributed by atoms with Gasteiger partial charge in [0, 0.05) is 36.8 Å². The molecule has 0 radical (unpaired) electrons. The molecule has 0 saturated heterocycles. The van der Waals surface area contributed by atoms with Gasteiger partial charge in [-0.2, -0.15) is 0 Å². The Morgan fingerprint density at radius 2 is 2.07 bits per heavy atom.